The van der Waals surface area contributed by atoms with E-state index in [1.165, 1.54) is 6.07 Å². The molecule has 0 saturated carbocycles. The minimum atomic E-state index is -0.801. The molecule has 0 bridgehead atoms. The fraction of sp³-hybridized carbons (Fsp3) is 0.300. The van der Waals surface area contributed by atoms with Gasteiger partial charge in [0.15, 0.2) is 11.6 Å². The predicted octanol–water partition coefficient (Wildman–Crippen LogP) is 5.72. The molecule has 0 nitrogen and oxygen atoms in total. The molecule has 0 atom stereocenters. The second kappa shape index (κ2) is 6.23. The van der Waals surface area contributed by atoms with Gasteiger partial charge < -0.3 is 0 Å². The summed E-state index contributed by atoms with van der Waals surface area (Å²) in [6.07, 6.45) is 4.23. The molecule has 0 radical (unpaired) electrons. The lowest BCUT2D eigenvalue weighted by atomic mass is 9.87. The van der Waals surface area contributed by atoms with Crippen LogP contribution in [0.5, 0.6) is 0 Å². The number of fused-ring (bicyclic) bond motifs is 1. The van der Waals surface area contributed by atoms with Crippen molar-refractivity contribution in [1.29, 1.82) is 0 Å². The molecule has 3 heteroatoms. The minimum absolute atomic E-state index is 0.239. The highest BCUT2D eigenvalue weighted by Gasteiger charge is 2.19. The van der Waals surface area contributed by atoms with Gasteiger partial charge in [0.2, 0.25) is 0 Å². The van der Waals surface area contributed by atoms with E-state index >= 15 is 0 Å². The lowest BCUT2D eigenvalue weighted by Crippen LogP contribution is -2.05. The Kier molecular flexibility index (Phi) is 4.29. The third-order valence-electron chi connectivity index (χ3n) is 4.57. The van der Waals surface area contributed by atoms with Crippen LogP contribution in [0.25, 0.3) is 11.6 Å². The second-order valence-corrected chi connectivity index (χ2v) is 5.92. The summed E-state index contributed by atoms with van der Waals surface area (Å²) in [5, 5.41) is 0. The van der Waals surface area contributed by atoms with Gasteiger partial charge in [-0.15, -0.1) is 0 Å². The SMILES string of the molecule is CCc1cc2c(cc1F)C=C(c1ccc(CC)c(F)c1F)CC2. The van der Waals surface area contributed by atoms with Gasteiger partial charge >= 0.3 is 0 Å². The largest absolute Gasteiger partial charge is 0.207 e. The van der Waals surface area contributed by atoms with Crippen molar-refractivity contribution in [3.63, 3.8) is 0 Å². The molecule has 1 aliphatic rings. The van der Waals surface area contributed by atoms with Crippen LogP contribution >= 0.6 is 0 Å². The average molecular weight is 316 g/mol. The van der Waals surface area contributed by atoms with Crippen molar-refractivity contribution >= 4 is 11.6 Å². The highest BCUT2D eigenvalue weighted by Crippen LogP contribution is 2.34. The van der Waals surface area contributed by atoms with Gasteiger partial charge in [-0.05, 0) is 59.6 Å². The van der Waals surface area contributed by atoms with Crippen molar-refractivity contribution in [3.8, 4) is 0 Å². The first-order chi connectivity index (χ1) is 11.0. The lowest BCUT2D eigenvalue weighted by Gasteiger charge is -2.19. The molecule has 0 heterocycles. The van der Waals surface area contributed by atoms with Crippen molar-refractivity contribution in [1.82, 2.24) is 0 Å². The Morgan fingerprint density at radius 3 is 2.30 bits per heavy atom. The number of benzene rings is 2. The monoisotopic (exact) mass is 316 g/mol. The fourth-order valence-electron chi connectivity index (χ4n) is 3.16. The van der Waals surface area contributed by atoms with Crippen LogP contribution in [0.4, 0.5) is 13.2 Å². The van der Waals surface area contributed by atoms with E-state index < -0.39 is 11.6 Å². The van der Waals surface area contributed by atoms with E-state index in [9.17, 15) is 13.2 Å². The molecule has 120 valence electrons. The van der Waals surface area contributed by atoms with Crippen molar-refractivity contribution in [2.75, 3.05) is 0 Å². The molecule has 1 aliphatic carbocycles. The standard InChI is InChI=1S/C20H19F3/c1-3-12-7-8-17(20(23)19(12)22)15-6-5-14-9-13(4-2)18(21)11-16(14)10-15/h7-11H,3-6H2,1-2H3. The van der Waals surface area contributed by atoms with Crippen molar-refractivity contribution in [2.24, 2.45) is 0 Å². The van der Waals surface area contributed by atoms with E-state index in [0.29, 0.717) is 36.8 Å². The van der Waals surface area contributed by atoms with Crippen LogP contribution in [0.15, 0.2) is 24.3 Å². The third kappa shape index (κ3) is 2.80. The summed E-state index contributed by atoms with van der Waals surface area (Å²) in [6, 6.07) is 6.65. The van der Waals surface area contributed by atoms with Gasteiger partial charge in [-0.2, -0.15) is 0 Å². The van der Waals surface area contributed by atoms with Crippen LogP contribution in [0, 0.1) is 17.5 Å². The zero-order valence-electron chi connectivity index (χ0n) is 13.3. The molecule has 0 spiro atoms. The average Bonchev–Trinajstić information content (AvgIpc) is 2.56. The summed E-state index contributed by atoms with van der Waals surface area (Å²) in [7, 11) is 0. The first kappa shape index (κ1) is 15.9. The molecule has 0 aromatic heterocycles. The molecule has 2 aromatic rings. The first-order valence-corrected chi connectivity index (χ1v) is 8.04. The van der Waals surface area contributed by atoms with E-state index in [2.05, 4.69) is 0 Å². The van der Waals surface area contributed by atoms with Crippen LogP contribution in [-0.4, -0.2) is 0 Å². The molecule has 0 amide bonds. The number of allylic oxidation sites excluding steroid dienone is 1. The number of aryl methyl sites for hydroxylation is 3. The maximum atomic E-state index is 14.3. The zero-order valence-corrected chi connectivity index (χ0v) is 13.3. The fourth-order valence-corrected chi connectivity index (χ4v) is 3.16. The van der Waals surface area contributed by atoms with Gasteiger partial charge in [0, 0.05) is 5.56 Å². The minimum Gasteiger partial charge on any atom is -0.207 e. The lowest BCUT2D eigenvalue weighted by molar-refractivity contribution is 0.497. The highest BCUT2D eigenvalue weighted by atomic mass is 19.2. The summed E-state index contributed by atoms with van der Waals surface area (Å²) in [6.45, 7) is 3.71. The molecular weight excluding hydrogens is 297 g/mol. The van der Waals surface area contributed by atoms with Crippen molar-refractivity contribution < 1.29 is 13.2 Å². The molecule has 0 aliphatic heterocycles. The Morgan fingerprint density at radius 2 is 1.61 bits per heavy atom. The number of hydrogen-bond acceptors (Lipinski definition) is 0. The Balaban J connectivity index is 2.06. The Bertz CT molecular complexity index is 788. The Labute approximate surface area is 134 Å². The summed E-state index contributed by atoms with van der Waals surface area (Å²) in [5.41, 5.74) is 3.91. The molecule has 0 N–H and O–H groups in total. The van der Waals surface area contributed by atoms with E-state index in [1.54, 1.807) is 25.1 Å². The number of rotatable bonds is 3. The zero-order chi connectivity index (χ0) is 16.6. The summed E-state index contributed by atoms with van der Waals surface area (Å²) in [5.74, 6) is -1.81. The summed E-state index contributed by atoms with van der Waals surface area (Å²) < 4.78 is 42.3. The van der Waals surface area contributed by atoms with Gasteiger partial charge in [0.25, 0.3) is 0 Å². The first-order valence-electron chi connectivity index (χ1n) is 8.04. The van der Waals surface area contributed by atoms with E-state index in [-0.39, 0.29) is 11.4 Å². The van der Waals surface area contributed by atoms with Crippen LogP contribution in [0.3, 0.4) is 0 Å². The van der Waals surface area contributed by atoms with E-state index in [4.69, 9.17) is 0 Å². The topological polar surface area (TPSA) is 0 Å². The molecule has 0 saturated heterocycles. The van der Waals surface area contributed by atoms with E-state index in [0.717, 1.165) is 16.7 Å². The maximum Gasteiger partial charge on any atom is 0.166 e. The number of hydrogen-bond donors (Lipinski definition) is 0. The predicted molar refractivity (Wildman–Crippen MR) is 87.7 cm³/mol. The Morgan fingerprint density at radius 1 is 0.870 bits per heavy atom. The Hall–Kier alpha value is -2.03. The normalized spacial score (nSPS) is 13.7. The van der Waals surface area contributed by atoms with Crippen molar-refractivity contribution in [3.05, 3.63) is 69.5 Å². The molecule has 0 unspecified atom stereocenters. The van der Waals surface area contributed by atoms with Gasteiger partial charge in [0.1, 0.15) is 5.82 Å². The van der Waals surface area contributed by atoms with Crippen molar-refractivity contribution in [2.45, 2.75) is 39.5 Å². The maximum absolute atomic E-state index is 14.3. The van der Waals surface area contributed by atoms with Crippen LogP contribution in [-0.2, 0) is 19.3 Å². The molecule has 2 aromatic carbocycles. The second-order valence-electron chi connectivity index (χ2n) is 5.92. The highest BCUT2D eigenvalue weighted by molar-refractivity contribution is 5.84. The third-order valence-corrected chi connectivity index (χ3v) is 4.57. The molecular formula is C20H19F3. The smallest absolute Gasteiger partial charge is 0.166 e. The molecule has 23 heavy (non-hydrogen) atoms. The van der Waals surface area contributed by atoms with E-state index in [1.807, 2.05) is 13.0 Å². The van der Waals surface area contributed by atoms with Gasteiger partial charge in [-0.25, -0.2) is 13.2 Å². The summed E-state index contributed by atoms with van der Waals surface area (Å²) >= 11 is 0. The van der Waals surface area contributed by atoms with Crippen LogP contribution in [0.2, 0.25) is 0 Å². The van der Waals surface area contributed by atoms with Gasteiger partial charge in [-0.3, -0.25) is 0 Å². The quantitative estimate of drug-likeness (QED) is 0.680. The molecule has 0 fully saturated rings. The van der Waals surface area contributed by atoms with Gasteiger partial charge in [-0.1, -0.05) is 38.1 Å². The summed E-state index contributed by atoms with van der Waals surface area (Å²) in [4.78, 5) is 0. The van der Waals surface area contributed by atoms with Gasteiger partial charge in [0.05, 0.1) is 0 Å². The molecule has 3 rings (SSSR count). The van der Waals surface area contributed by atoms with Crippen LogP contribution < -0.4 is 0 Å². The van der Waals surface area contributed by atoms with Crippen LogP contribution in [0.1, 0.15) is 48.1 Å². The number of halogens is 3.